The highest BCUT2D eigenvalue weighted by atomic mass is 35.5. The summed E-state index contributed by atoms with van der Waals surface area (Å²) in [6.07, 6.45) is 1.27. The molecule has 7 heteroatoms. The molecule has 0 aliphatic carbocycles. The number of carbonyl (C=O) groups is 2. The Morgan fingerprint density at radius 2 is 1.65 bits per heavy atom. The topological polar surface area (TPSA) is 67.9 Å². The molecule has 144 valence electrons. The van der Waals surface area contributed by atoms with E-state index >= 15 is 0 Å². The van der Waals surface area contributed by atoms with Gasteiger partial charge >= 0.3 is 0 Å². The molecule has 1 fully saturated rings. The molecule has 1 N–H and O–H groups in total. The lowest BCUT2D eigenvalue weighted by atomic mass is 9.90. The van der Waals surface area contributed by atoms with Crippen LogP contribution in [0.1, 0.15) is 33.6 Å². The third kappa shape index (κ3) is 4.61. The van der Waals surface area contributed by atoms with Crippen molar-refractivity contribution in [3.63, 3.8) is 0 Å². The number of rotatable bonds is 4. The van der Waals surface area contributed by atoms with Gasteiger partial charge in [0.15, 0.2) is 11.5 Å². The number of piperidine rings is 1. The van der Waals surface area contributed by atoms with Gasteiger partial charge in [-0.15, -0.1) is 0 Å². The average Bonchev–Trinajstić information content (AvgIpc) is 2.61. The highest BCUT2D eigenvalue weighted by Gasteiger charge is 2.32. The molecule has 1 aliphatic heterocycles. The Hall–Kier alpha value is -1.95. The summed E-state index contributed by atoms with van der Waals surface area (Å²) in [5, 5.41) is 3.26. The molecule has 0 bridgehead atoms. The number of carbonyl (C=O) groups excluding carboxylic acids is 2. The highest BCUT2D eigenvalue weighted by Crippen LogP contribution is 2.36. The third-order valence-electron chi connectivity index (χ3n) is 4.53. The van der Waals surface area contributed by atoms with Crippen LogP contribution in [0.2, 0.25) is 5.02 Å². The number of halogens is 1. The molecule has 1 aromatic carbocycles. The molecule has 0 saturated carbocycles. The summed E-state index contributed by atoms with van der Waals surface area (Å²) in [5.74, 6) is 0.881. The largest absolute Gasteiger partial charge is 0.493 e. The van der Waals surface area contributed by atoms with E-state index in [9.17, 15) is 9.59 Å². The summed E-state index contributed by atoms with van der Waals surface area (Å²) < 4.78 is 10.4. The zero-order chi connectivity index (χ0) is 19.5. The second kappa shape index (κ2) is 8.16. The van der Waals surface area contributed by atoms with Crippen LogP contribution in [-0.2, 0) is 9.59 Å². The SMILES string of the molecule is COc1cc(Cl)c(NC(=O)C2CCN(C(=O)C(C)(C)C)CC2)cc1OC. The zero-order valence-corrected chi connectivity index (χ0v) is 16.8. The predicted molar refractivity (Wildman–Crippen MR) is 102 cm³/mol. The first-order chi connectivity index (χ1) is 12.2. The minimum absolute atomic E-state index is 0.0954. The van der Waals surface area contributed by atoms with E-state index in [1.54, 1.807) is 12.1 Å². The van der Waals surface area contributed by atoms with Crippen LogP contribution in [0.25, 0.3) is 0 Å². The van der Waals surface area contributed by atoms with Crippen molar-refractivity contribution < 1.29 is 19.1 Å². The molecular formula is C19H27ClN2O4. The van der Waals surface area contributed by atoms with E-state index in [2.05, 4.69) is 5.32 Å². The van der Waals surface area contributed by atoms with Gasteiger partial charge in [0.2, 0.25) is 11.8 Å². The minimum atomic E-state index is -0.401. The van der Waals surface area contributed by atoms with Gasteiger partial charge in [0.05, 0.1) is 24.9 Å². The van der Waals surface area contributed by atoms with E-state index in [1.807, 2.05) is 25.7 Å². The molecule has 1 heterocycles. The smallest absolute Gasteiger partial charge is 0.227 e. The van der Waals surface area contributed by atoms with Crippen molar-refractivity contribution in [3.05, 3.63) is 17.2 Å². The molecule has 0 atom stereocenters. The van der Waals surface area contributed by atoms with E-state index in [-0.39, 0.29) is 17.7 Å². The molecule has 2 rings (SSSR count). The van der Waals surface area contributed by atoms with Crippen molar-refractivity contribution >= 4 is 29.1 Å². The summed E-state index contributed by atoms with van der Waals surface area (Å²) in [6, 6.07) is 3.26. The molecular weight excluding hydrogens is 356 g/mol. The number of ether oxygens (including phenoxy) is 2. The Balaban J connectivity index is 2.01. The lowest BCUT2D eigenvalue weighted by molar-refractivity contribution is -0.142. The number of amides is 2. The second-order valence-electron chi connectivity index (χ2n) is 7.49. The Labute approximate surface area is 159 Å². The Bertz CT molecular complexity index is 677. The monoisotopic (exact) mass is 382 g/mol. The normalized spacial score (nSPS) is 15.5. The first-order valence-corrected chi connectivity index (χ1v) is 9.07. The predicted octanol–water partition coefficient (Wildman–Crippen LogP) is 3.58. The van der Waals surface area contributed by atoms with Crippen LogP contribution in [0.3, 0.4) is 0 Å². The van der Waals surface area contributed by atoms with E-state index in [0.717, 1.165) is 0 Å². The van der Waals surface area contributed by atoms with Gasteiger partial charge < -0.3 is 19.7 Å². The fourth-order valence-electron chi connectivity index (χ4n) is 3.00. The van der Waals surface area contributed by atoms with E-state index in [4.69, 9.17) is 21.1 Å². The van der Waals surface area contributed by atoms with Crippen LogP contribution in [0.5, 0.6) is 11.5 Å². The van der Waals surface area contributed by atoms with E-state index in [1.165, 1.54) is 14.2 Å². The second-order valence-corrected chi connectivity index (χ2v) is 7.90. The van der Waals surface area contributed by atoms with Gasteiger partial charge in [0.25, 0.3) is 0 Å². The number of benzene rings is 1. The highest BCUT2D eigenvalue weighted by molar-refractivity contribution is 6.34. The minimum Gasteiger partial charge on any atom is -0.493 e. The van der Waals surface area contributed by atoms with E-state index < -0.39 is 5.41 Å². The zero-order valence-electron chi connectivity index (χ0n) is 16.0. The van der Waals surface area contributed by atoms with Crippen LogP contribution in [0, 0.1) is 11.3 Å². The standard InChI is InChI=1S/C19H27ClN2O4/c1-19(2,3)18(24)22-8-6-12(7-9-22)17(23)21-14-11-16(26-5)15(25-4)10-13(14)20/h10-12H,6-9H2,1-5H3,(H,21,23). The van der Waals surface area contributed by atoms with Crippen molar-refractivity contribution in [2.24, 2.45) is 11.3 Å². The van der Waals surface area contributed by atoms with Crippen molar-refractivity contribution in [1.29, 1.82) is 0 Å². The number of nitrogens with one attached hydrogen (secondary N) is 1. The molecule has 0 aromatic heterocycles. The van der Waals surface area contributed by atoms with Crippen molar-refractivity contribution in [2.75, 3.05) is 32.6 Å². The maximum atomic E-state index is 12.6. The van der Waals surface area contributed by atoms with Gasteiger partial charge in [-0.1, -0.05) is 32.4 Å². The average molecular weight is 383 g/mol. The van der Waals surface area contributed by atoms with Crippen LogP contribution in [0.4, 0.5) is 5.69 Å². The Morgan fingerprint density at radius 1 is 1.12 bits per heavy atom. The van der Waals surface area contributed by atoms with Gasteiger partial charge in [-0.05, 0) is 12.8 Å². The lowest BCUT2D eigenvalue weighted by Gasteiger charge is -2.35. The molecule has 0 radical (unpaired) electrons. The number of likely N-dealkylation sites (tertiary alicyclic amines) is 1. The molecule has 1 saturated heterocycles. The Kier molecular flexibility index (Phi) is 6.39. The molecule has 2 amide bonds. The fourth-order valence-corrected chi connectivity index (χ4v) is 3.20. The molecule has 0 unspecified atom stereocenters. The molecule has 1 aromatic rings. The van der Waals surface area contributed by atoms with Crippen LogP contribution < -0.4 is 14.8 Å². The molecule has 0 spiro atoms. The van der Waals surface area contributed by atoms with Gasteiger partial charge in [-0.3, -0.25) is 9.59 Å². The van der Waals surface area contributed by atoms with Crippen molar-refractivity contribution in [3.8, 4) is 11.5 Å². The third-order valence-corrected chi connectivity index (χ3v) is 4.84. The van der Waals surface area contributed by atoms with Gasteiger partial charge in [-0.2, -0.15) is 0 Å². The van der Waals surface area contributed by atoms with Crippen LogP contribution in [-0.4, -0.2) is 44.0 Å². The van der Waals surface area contributed by atoms with Crippen LogP contribution >= 0.6 is 11.6 Å². The first kappa shape index (κ1) is 20.4. The van der Waals surface area contributed by atoms with Gasteiger partial charge in [-0.25, -0.2) is 0 Å². The van der Waals surface area contributed by atoms with Gasteiger partial charge in [0.1, 0.15) is 0 Å². The summed E-state index contributed by atoms with van der Waals surface area (Å²) in [4.78, 5) is 26.8. The number of hydrogen-bond acceptors (Lipinski definition) is 4. The summed E-state index contributed by atoms with van der Waals surface area (Å²) in [7, 11) is 3.05. The maximum absolute atomic E-state index is 12.6. The fraction of sp³-hybridized carbons (Fsp3) is 0.579. The summed E-state index contributed by atoms with van der Waals surface area (Å²) in [6.45, 7) is 6.91. The molecule has 1 aliphatic rings. The van der Waals surface area contributed by atoms with Gasteiger partial charge in [0, 0.05) is 36.6 Å². The first-order valence-electron chi connectivity index (χ1n) is 8.69. The van der Waals surface area contributed by atoms with E-state index in [0.29, 0.717) is 48.1 Å². The molecule has 26 heavy (non-hydrogen) atoms. The quantitative estimate of drug-likeness (QED) is 0.864. The van der Waals surface area contributed by atoms with Crippen molar-refractivity contribution in [1.82, 2.24) is 4.90 Å². The molecule has 6 nitrogen and oxygen atoms in total. The summed E-state index contributed by atoms with van der Waals surface area (Å²) in [5.41, 5.74) is 0.0879. The lowest BCUT2D eigenvalue weighted by Crippen LogP contribution is -2.45. The number of methoxy groups -OCH3 is 2. The van der Waals surface area contributed by atoms with Crippen LogP contribution in [0.15, 0.2) is 12.1 Å². The summed E-state index contributed by atoms with van der Waals surface area (Å²) >= 11 is 6.23. The number of nitrogens with zero attached hydrogens (tertiary/aromatic N) is 1. The maximum Gasteiger partial charge on any atom is 0.227 e. The number of anilines is 1. The van der Waals surface area contributed by atoms with Crippen molar-refractivity contribution in [2.45, 2.75) is 33.6 Å². The number of hydrogen-bond donors (Lipinski definition) is 1. The Morgan fingerprint density at radius 3 is 2.15 bits per heavy atom.